The van der Waals surface area contributed by atoms with Gasteiger partial charge in [-0.15, -0.1) is 0 Å². The van der Waals surface area contributed by atoms with Gasteiger partial charge in [0.2, 0.25) is 0 Å². The minimum atomic E-state index is 0.137. The Hall–Kier alpha value is -0.510. The van der Waals surface area contributed by atoms with Crippen molar-refractivity contribution in [3.63, 3.8) is 0 Å². The Labute approximate surface area is 108 Å². The van der Waals surface area contributed by atoms with E-state index in [-0.39, 0.29) is 11.5 Å². The summed E-state index contributed by atoms with van der Waals surface area (Å²) in [5.41, 5.74) is 0.137. The van der Waals surface area contributed by atoms with Crippen LogP contribution in [0, 0.1) is 5.41 Å². The average Bonchev–Trinajstić information content (AvgIpc) is 2.64. The van der Waals surface area contributed by atoms with Crippen LogP contribution in [0.3, 0.4) is 0 Å². The summed E-state index contributed by atoms with van der Waals surface area (Å²) < 4.78 is 5.63. The summed E-state index contributed by atoms with van der Waals surface area (Å²) in [7, 11) is 0. The zero-order valence-electron chi connectivity index (χ0n) is 10.8. The fourth-order valence-electron chi connectivity index (χ4n) is 2.57. The van der Waals surface area contributed by atoms with E-state index in [4.69, 9.17) is 16.0 Å². The molecule has 96 valence electrons. The number of piperazine rings is 1. The van der Waals surface area contributed by atoms with E-state index >= 15 is 0 Å². The molecule has 3 nitrogen and oxygen atoms in total. The van der Waals surface area contributed by atoms with E-state index in [0.29, 0.717) is 5.22 Å². The molecule has 1 aliphatic heterocycles. The first-order chi connectivity index (χ1) is 7.98. The molecule has 1 aliphatic rings. The highest BCUT2D eigenvalue weighted by molar-refractivity contribution is 6.28. The molecule has 0 amide bonds. The third kappa shape index (κ3) is 3.03. The van der Waals surface area contributed by atoms with Gasteiger partial charge in [0, 0.05) is 26.2 Å². The molecule has 0 aromatic carbocycles. The first kappa shape index (κ1) is 12.9. The molecular formula is C13H21ClN2O. The highest BCUT2D eigenvalue weighted by Crippen LogP contribution is 2.39. The van der Waals surface area contributed by atoms with E-state index in [0.717, 1.165) is 31.9 Å². The van der Waals surface area contributed by atoms with Crippen LogP contribution in [-0.4, -0.2) is 31.1 Å². The van der Waals surface area contributed by atoms with E-state index < -0.39 is 0 Å². The normalized spacial score (nSPS) is 20.5. The average molecular weight is 257 g/mol. The molecular weight excluding hydrogens is 236 g/mol. The van der Waals surface area contributed by atoms with Crippen molar-refractivity contribution in [1.82, 2.24) is 10.2 Å². The minimum Gasteiger partial charge on any atom is -0.448 e. The number of nitrogens with one attached hydrogen (secondary N) is 1. The summed E-state index contributed by atoms with van der Waals surface area (Å²) in [6.45, 7) is 10.9. The van der Waals surface area contributed by atoms with E-state index in [1.807, 2.05) is 12.1 Å². The molecule has 1 aromatic heterocycles. The summed E-state index contributed by atoms with van der Waals surface area (Å²) in [4.78, 5) is 2.48. The first-order valence-electron chi connectivity index (χ1n) is 6.18. The smallest absolute Gasteiger partial charge is 0.193 e. The van der Waals surface area contributed by atoms with Gasteiger partial charge in [-0.3, -0.25) is 4.90 Å². The summed E-state index contributed by atoms with van der Waals surface area (Å²) >= 11 is 5.90. The quantitative estimate of drug-likeness (QED) is 0.882. The van der Waals surface area contributed by atoms with E-state index in [2.05, 4.69) is 31.0 Å². The van der Waals surface area contributed by atoms with Crippen molar-refractivity contribution >= 4 is 11.6 Å². The number of rotatable bonds is 2. The zero-order chi connectivity index (χ0) is 12.5. The Morgan fingerprint density at radius 2 is 1.94 bits per heavy atom. The Morgan fingerprint density at radius 1 is 1.29 bits per heavy atom. The van der Waals surface area contributed by atoms with E-state index in [1.54, 1.807) is 0 Å². The van der Waals surface area contributed by atoms with Crippen LogP contribution < -0.4 is 5.32 Å². The second-order valence-electron chi connectivity index (χ2n) is 5.70. The highest BCUT2D eigenvalue weighted by atomic mass is 35.5. The van der Waals surface area contributed by atoms with Crippen LogP contribution in [0.15, 0.2) is 16.5 Å². The van der Waals surface area contributed by atoms with Crippen molar-refractivity contribution in [3.8, 4) is 0 Å². The highest BCUT2D eigenvalue weighted by Gasteiger charge is 2.34. The minimum absolute atomic E-state index is 0.137. The molecule has 1 N–H and O–H groups in total. The molecule has 0 spiro atoms. The standard InChI is InChI=1S/C13H21ClN2O/c1-13(2,3)12(10-4-5-11(14)17-10)16-8-6-15-7-9-16/h4-5,12,15H,6-9H2,1-3H3/t12-/m1/s1. The Kier molecular flexibility index (Phi) is 3.81. The number of hydrogen-bond donors (Lipinski definition) is 1. The number of furan rings is 1. The summed E-state index contributed by atoms with van der Waals surface area (Å²) in [6, 6.07) is 4.12. The molecule has 0 unspecified atom stereocenters. The van der Waals surface area contributed by atoms with Gasteiger partial charge in [0.05, 0.1) is 6.04 Å². The number of nitrogens with zero attached hydrogens (tertiary/aromatic N) is 1. The summed E-state index contributed by atoms with van der Waals surface area (Å²) in [5, 5.41) is 3.86. The zero-order valence-corrected chi connectivity index (χ0v) is 11.5. The third-order valence-electron chi connectivity index (χ3n) is 3.20. The lowest BCUT2D eigenvalue weighted by molar-refractivity contribution is 0.0698. The SMILES string of the molecule is CC(C)(C)[C@@H](c1ccc(Cl)o1)N1CCNCC1. The third-order valence-corrected chi connectivity index (χ3v) is 3.40. The molecule has 17 heavy (non-hydrogen) atoms. The van der Waals surface area contributed by atoms with Gasteiger partial charge in [-0.1, -0.05) is 20.8 Å². The lowest BCUT2D eigenvalue weighted by atomic mass is 9.84. The van der Waals surface area contributed by atoms with Gasteiger partial charge in [-0.25, -0.2) is 0 Å². The van der Waals surface area contributed by atoms with Gasteiger partial charge in [-0.05, 0) is 29.1 Å². The molecule has 4 heteroatoms. The van der Waals surface area contributed by atoms with Crippen LogP contribution in [0.2, 0.25) is 5.22 Å². The maximum absolute atomic E-state index is 5.90. The monoisotopic (exact) mass is 256 g/mol. The molecule has 0 aliphatic carbocycles. The van der Waals surface area contributed by atoms with E-state index in [9.17, 15) is 0 Å². The van der Waals surface area contributed by atoms with Crippen molar-refractivity contribution in [1.29, 1.82) is 0 Å². The molecule has 0 radical (unpaired) electrons. The predicted octanol–water partition coefficient (Wildman–Crippen LogP) is 2.93. The van der Waals surface area contributed by atoms with Gasteiger partial charge in [0.15, 0.2) is 5.22 Å². The van der Waals surface area contributed by atoms with Gasteiger partial charge >= 0.3 is 0 Å². The fourth-order valence-corrected chi connectivity index (χ4v) is 2.72. The first-order valence-corrected chi connectivity index (χ1v) is 6.56. The van der Waals surface area contributed by atoms with Crippen LogP contribution in [0.4, 0.5) is 0 Å². The molecule has 1 aromatic rings. The molecule has 0 bridgehead atoms. The summed E-state index contributed by atoms with van der Waals surface area (Å²) in [5.74, 6) is 0.976. The molecule has 0 saturated carbocycles. The topological polar surface area (TPSA) is 28.4 Å². The van der Waals surface area contributed by atoms with Crippen molar-refractivity contribution in [3.05, 3.63) is 23.1 Å². The van der Waals surface area contributed by atoms with Crippen LogP contribution in [0.1, 0.15) is 32.6 Å². The maximum Gasteiger partial charge on any atom is 0.193 e. The lowest BCUT2D eigenvalue weighted by Crippen LogP contribution is -2.48. The second kappa shape index (κ2) is 5.01. The van der Waals surface area contributed by atoms with E-state index in [1.165, 1.54) is 0 Å². The van der Waals surface area contributed by atoms with Crippen molar-refractivity contribution < 1.29 is 4.42 Å². The van der Waals surface area contributed by atoms with Crippen molar-refractivity contribution in [2.45, 2.75) is 26.8 Å². The molecule has 2 rings (SSSR count). The van der Waals surface area contributed by atoms with Crippen LogP contribution >= 0.6 is 11.6 Å². The Morgan fingerprint density at radius 3 is 2.41 bits per heavy atom. The fraction of sp³-hybridized carbons (Fsp3) is 0.692. The number of halogens is 1. The molecule has 1 atom stereocenters. The van der Waals surface area contributed by atoms with Crippen LogP contribution in [-0.2, 0) is 0 Å². The lowest BCUT2D eigenvalue weighted by Gasteiger charge is -2.41. The summed E-state index contributed by atoms with van der Waals surface area (Å²) in [6.07, 6.45) is 0. The Bertz CT molecular complexity index is 364. The molecule has 2 heterocycles. The van der Waals surface area contributed by atoms with Crippen LogP contribution in [0.25, 0.3) is 0 Å². The van der Waals surface area contributed by atoms with Gasteiger partial charge in [-0.2, -0.15) is 0 Å². The van der Waals surface area contributed by atoms with Gasteiger partial charge in [0.1, 0.15) is 5.76 Å². The maximum atomic E-state index is 5.90. The Balaban J connectivity index is 2.24. The largest absolute Gasteiger partial charge is 0.448 e. The van der Waals surface area contributed by atoms with Crippen molar-refractivity contribution in [2.24, 2.45) is 5.41 Å². The number of hydrogen-bond acceptors (Lipinski definition) is 3. The van der Waals surface area contributed by atoms with Gasteiger partial charge in [0.25, 0.3) is 0 Å². The van der Waals surface area contributed by atoms with Gasteiger partial charge < -0.3 is 9.73 Å². The molecule has 1 saturated heterocycles. The second-order valence-corrected chi connectivity index (χ2v) is 6.07. The van der Waals surface area contributed by atoms with Crippen molar-refractivity contribution in [2.75, 3.05) is 26.2 Å². The predicted molar refractivity (Wildman–Crippen MR) is 70.4 cm³/mol. The molecule has 1 fully saturated rings. The van der Waals surface area contributed by atoms with Crippen LogP contribution in [0.5, 0.6) is 0 Å².